The zero-order valence-electron chi connectivity index (χ0n) is 28.1. The highest BCUT2D eigenvalue weighted by atomic mass is 28.4. The lowest BCUT2D eigenvalue weighted by Crippen LogP contribution is -2.41. The lowest BCUT2D eigenvalue weighted by molar-refractivity contribution is 0.0889. The van der Waals surface area contributed by atoms with Crippen molar-refractivity contribution in [2.75, 3.05) is 19.8 Å². The second kappa shape index (κ2) is 16.3. The van der Waals surface area contributed by atoms with Gasteiger partial charge in [-0.1, -0.05) is 100 Å². The number of aryl methyl sites for hydroxylation is 4. The molecular formula is C40H51FO3Si. The van der Waals surface area contributed by atoms with Gasteiger partial charge >= 0.3 is 0 Å². The number of rotatable bonds is 16. The molecule has 4 rings (SSSR count). The van der Waals surface area contributed by atoms with Gasteiger partial charge in [-0.2, -0.15) is 0 Å². The maximum Gasteiger partial charge on any atom is 0.191 e. The molecule has 0 bridgehead atoms. The van der Waals surface area contributed by atoms with Gasteiger partial charge in [-0.05, 0) is 102 Å². The van der Waals surface area contributed by atoms with Crippen LogP contribution in [0.1, 0.15) is 61.9 Å². The summed E-state index contributed by atoms with van der Waals surface area (Å²) < 4.78 is 33.3. The van der Waals surface area contributed by atoms with E-state index >= 15 is 4.39 Å². The van der Waals surface area contributed by atoms with E-state index in [0.717, 1.165) is 61.2 Å². The molecule has 0 radical (unpaired) electrons. The van der Waals surface area contributed by atoms with Gasteiger partial charge in [0, 0.05) is 12.2 Å². The molecule has 0 aliphatic rings. The van der Waals surface area contributed by atoms with Gasteiger partial charge in [0.05, 0.1) is 13.2 Å². The normalized spacial score (nSPS) is 12.0. The number of benzene rings is 4. The van der Waals surface area contributed by atoms with Crippen molar-refractivity contribution in [1.29, 1.82) is 0 Å². The summed E-state index contributed by atoms with van der Waals surface area (Å²) in [6.45, 7) is 16.0. The minimum atomic E-state index is -1.72. The summed E-state index contributed by atoms with van der Waals surface area (Å²) in [5.74, 6) is 0.672. The Morgan fingerprint density at radius 3 is 1.98 bits per heavy atom. The zero-order chi connectivity index (χ0) is 32.3. The predicted octanol–water partition coefficient (Wildman–Crippen LogP) is 10.4. The van der Waals surface area contributed by atoms with Crippen LogP contribution in [0.3, 0.4) is 0 Å². The highest BCUT2D eigenvalue weighted by Crippen LogP contribution is 2.36. The van der Waals surface area contributed by atoms with Crippen LogP contribution in [-0.2, 0) is 41.5 Å². The Labute approximate surface area is 271 Å². The fourth-order valence-corrected chi connectivity index (χ4v) is 6.22. The number of hydrogen-bond acceptors (Lipinski definition) is 3. The molecule has 0 spiro atoms. The third-order valence-corrected chi connectivity index (χ3v) is 13.5. The highest BCUT2D eigenvalue weighted by molar-refractivity contribution is 6.74. The Morgan fingerprint density at radius 2 is 1.31 bits per heavy atom. The Morgan fingerprint density at radius 1 is 0.667 bits per heavy atom. The van der Waals surface area contributed by atoms with Crippen LogP contribution < -0.4 is 4.74 Å². The summed E-state index contributed by atoms with van der Waals surface area (Å²) >= 11 is 0. The lowest BCUT2D eigenvalue weighted by atomic mass is 9.93. The molecule has 0 saturated carbocycles. The van der Waals surface area contributed by atoms with Crippen LogP contribution in [0.2, 0.25) is 18.1 Å². The minimum absolute atomic E-state index is 0.157. The van der Waals surface area contributed by atoms with Crippen LogP contribution >= 0.6 is 0 Å². The summed E-state index contributed by atoms with van der Waals surface area (Å²) in [7, 11) is -1.72. The first kappa shape index (κ1) is 34.6. The van der Waals surface area contributed by atoms with Gasteiger partial charge in [-0.25, -0.2) is 4.39 Å². The second-order valence-electron chi connectivity index (χ2n) is 13.4. The molecule has 240 valence electrons. The van der Waals surface area contributed by atoms with E-state index in [0.29, 0.717) is 25.4 Å². The van der Waals surface area contributed by atoms with Gasteiger partial charge < -0.3 is 13.9 Å². The average Bonchev–Trinajstić information content (AvgIpc) is 3.02. The summed E-state index contributed by atoms with van der Waals surface area (Å²) in [6, 6.07) is 30.5. The molecule has 4 aromatic rings. The summed E-state index contributed by atoms with van der Waals surface area (Å²) in [4.78, 5) is 0. The van der Waals surface area contributed by atoms with Gasteiger partial charge in [-0.3, -0.25) is 0 Å². The van der Waals surface area contributed by atoms with Crippen LogP contribution in [0.15, 0.2) is 91.0 Å². The van der Waals surface area contributed by atoms with Gasteiger partial charge in [0.25, 0.3) is 0 Å². The Kier molecular flexibility index (Phi) is 12.6. The van der Waals surface area contributed by atoms with Crippen LogP contribution in [0.4, 0.5) is 4.39 Å². The van der Waals surface area contributed by atoms with E-state index in [1.165, 1.54) is 16.7 Å². The molecule has 0 aliphatic heterocycles. The summed E-state index contributed by atoms with van der Waals surface area (Å²) in [5.41, 5.74) is 7.51. The van der Waals surface area contributed by atoms with Crippen LogP contribution in [0, 0.1) is 5.82 Å². The molecule has 45 heavy (non-hydrogen) atoms. The topological polar surface area (TPSA) is 27.7 Å². The molecule has 4 aromatic carbocycles. The SMILES string of the molecule is CCc1cc(CCCO[Si](C)(C)C(C)(C)C)ccc1-c1ccc(CCc2ccc(OCCOCc3ccccc3)cc2)cc1F. The fourth-order valence-electron chi connectivity index (χ4n) is 5.13. The Bertz CT molecular complexity index is 1480. The van der Waals surface area contributed by atoms with Crippen molar-refractivity contribution >= 4 is 8.32 Å². The standard InChI is InChI=1S/C40H51FO3Si/c1-7-35-28-32(14-11-25-44-45(5,6)40(2,3)4)19-23-37(35)38-24-20-33(29-39(38)41)16-15-31-17-21-36(22-18-31)43-27-26-42-30-34-12-9-8-10-13-34/h8-10,12-13,17-24,28-29H,7,11,14-16,25-27,30H2,1-6H3. The van der Waals surface area contributed by atoms with Crippen molar-refractivity contribution in [3.8, 4) is 16.9 Å². The molecule has 5 heteroatoms. The molecule has 0 aromatic heterocycles. The number of halogens is 1. The van der Waals surface area contributed by atoms with Gasteiger partial charge in [0.15, 0.2) is 8.32 Å². The highest BCUT2D eigenvalue weighted by Gasteiger charge is 2.36. The van der Waals surface area contributed by atoms with E-state index in [1.54, 1.807) is 6.07 Å². The Balaban J connectivity index is 1.25. The first-order valence-corrected chi connectivity index (χ1v) is 19.3. The van der Waals surface area contributed by atoms with Crippen LogP contribution in [0.25, 0.3) is 11.1 Å². The summed E-state index contributed by atoms with van der Waals surface area (Å²) in [6.07, 6.45) is 4.46. The molecule has 0 saturated heterocycles. The quantitative estimate of drug-likeness (QED) is 0.0915. The van der Waals surface area contributed by atoms with Crippen molar-refractivity contribution < 1.29 is 18.3 Å². The maximum atomic E-state index is 15.4. The van der Waals surface area contributed by atoms with E-state index in [-0.39, 0.29) is 10.9 Å². The van der Waals surface area contributed by atoms with Crippen molar-refractivity contribution in [2.24, 2.45) is 0 Å². The monoisotopic (exact) mass is 626 g/mol. The average molecular weight is 627 g/mol. The first-order chi connectivity index (χ1) is 21.6. The minimum Gasteiger partial charge on any atom is -0.491 e. The van der Waals surface area contributed by atoms with Crippen molar-refractivity contribution in [3.05, 3.63) is 125 Å². The fraction of sp³-hybridized carbons (Fsp3) is 0.400. The molecule has 3 nitrogen and oxygen atoms in total. The molecule has 0 aliphatic carbocycles. The van der Waals surface area contributed by atoms with Crippen molar-refractivity contribution in [3.63, 3.8) is 0 Å². The van der Waals surface area contributed by atoms with E-state index in [9.17, 15) is 0 Å². The molecule has 0 N–H and O–H groups in total. The number of hydrogen-bond donors (Lipinski definition) is 0. The molecular weight excluding hydrogens is 576 g/mol. The first-order valence-electron chi connectivity index (χ1n) is 16.4. The van der Waals surface area contributed by atoms with E-state index in [2.05, 4.69) is 89.3 Å². The van der Waals surface area contributed by atoms with Crippen molar-refractivity contribution in [2.45, 2.75) is 84.5 Å². The largest absolute Gasteiger partial charge is 0.491 e. The molecule has 0 fully saturated rings. The van der Waals surface area contributed by atoms with Gasteiger partial charge in [0.2, 0.25) is 0 Å². The van der Waals surface area contributed by atoms with Crippen LogP contribution in [0.5, 0.6) is 5.75 Å². The van der Waals surface area contributed by atoms with Gasteiger partial charge in [-0.15, -0.1) is 0 Å². The lowest BCUT2D eigenvalue weighted by Gasteiger charge is -2.36. The molecule has 0 unspecified atom stereocenters. The zero-order valence-corrected chi connectivity index (χ0v) is 29.1. The smallest absolute Gasteiger partial charge is 0.191 e. The van der Waals surface area contributed by atoms with E-state index < -0.39 is 8.32 Å². The third-order valence-electron chi connectivity index (χ3n) is 8.99. The van der Waals surface area contributed by atoms with Crippen molar-refractivity contribution in [1.82, 2.24) is 0 Å². The Hall–Kier alpha value is -3.25. The predicted molar refractivity (Wildman–Crippen MR) is 188 cm³/mol. The van der Waals surface area contributed by atoms with E-state index in [4.69, 9.17) is 13.9 Å². The van der Waals surface area contributed by atoms with Gasteiger partial charge in [0.1, 0.15) is 18.2 Å². The maximum absolute atomic E-state index is 15.4. The molecule has 0 atom stereocenters. The van der Waals surface area contributed by atoms with Crippen LogP contribution in [-0.4, -0.2) is 28.1 Å². The molecule has 0 heterocycles. The van der Waals surface area contributed by atoms with E-state index in [1.807, 2.05) is 36.4 Å². The number of ether oxygens (including phenoxy) is 2. The second-order valence-corrected chi connectivity index (χ2v) is 18.2. The molecule has 0 amide bonds. The summed E-state index contributed by atoms with van der Waals surface area (Å²) in [5, 5.41) is 0.226. The third kappa shape index (κ3) is 10.4.